The molecule has 1 saturated heterocycles. The molecular weight excluding hydrogens is 200 g/mol. The Labute approximate surface area is 86.8 Å². The topological polar surface area (TPSA) is 73.1 Å². The monoisotopic (exact) mass is 214 g/mol. The number of anilines is 2. The van der Waals surface area contributed by atoms with Crippen molar-refractivity contribution in [2.45, 2.75) is 32.0 Å². The molecule has 1 aliphatic rings. The SMILES string of the molecule is CC1CCC(CNc2nc(N)ns2)O1. The number of aromatic nitrogens is 2. The van der Waals surface area contributed by atoms with Gasteiger partial charge in [0, 0.05) is 18.1 Å². The Kier molecular flexibility index (Phi) is 2.83. The van der Waals surface area contributed by atoms with Crippen LogP contribution in [0.1, 0.15) is 19.8 Å². The maximum atomic E-state index is 5.65. The number of hydrogen-bond donors (Lipinski definition) is 2. The second-order valence-corrected chi connectivity index (χ2v) is 4.24. The van der Waals surface area contributed by atoms with Gasteiger partial charge in [0.1, 0.15) is 0 Å². The Morgan fingerprint density at radius 3 is 3.07 bits per heavy atom. The molecule has 0 aromatic carbocycles. The lowest BCUT2D eigenvalue weighted by atomic mass is 10.2. The van der Waals surface area contributed by atoms with E-state index in [4.69, 9.17) is 10.5 Å². The van der Waals surface area contributed by atoms with E-state index in [-0.39, 0.29) is 0 Å². The van der Waals surface area contributed by atoms with Crippen molar-refractivity contribution >= 4 is 22.6 Å². The third kappa shape index (κ3) is 2.33. The van der Waals surface area contributed by atoms with E-state index in [2.05, 4.69) is 21.6 Å². The van der Waals surface area contributed by atoms with Crippen LogP contribution in [0.3, 0.4) is 0 Å². The van der Waals surface area contributed by atoms with Gasteiger partial charge in [-0.25, -0.2) is 0 Å². The Morgan fingerprint density at radius 1 is 1.64 bits per heavy atom. The van der Waals surface area contributed by atoms with Crippen molar-refractivity contribution in [2.24, 2.45) is 0 Å². The third-order valence-corrected chi connectivity index (χ3v) is 2.93. The molecule has 6 heteroatoms. The first-order valence-electron chi connectivity index (χ1n) is 4.72. The largest absolute Gasteiger partial charge is 0.373 e. The van der Waals surface area contributed by atoms with Gasteiger partial charge in [0.05, 0.1) is 12.2 Å². The number of ether oxygens (including phenoxy) is 1. The molecule has 14 heavy (non-hydrogen) atoms. The van der Waals surface area contributed by atoms with Gasteiger partial charge in [0.25, 0.3) is 0 Å². The average Bonchev–Trinajstić information content (AvgIpc) is 2.72. The quantitative estimate of drug-likeness (QED) is 0.788. The minimum Gasteiger partial charge on any atom is -0.373 e. The van der Waals surface area contributed by atoms with Gasteiger partial charge >= 0.3 is 0 Å². The van der Waals surface area contributed by atoms with E-state index in [0.717, 1.165) is 24.5 Å². The molecule has 2 atom stereocenters. The van der Waals surface area contributed by atoms with E-state index in [0.29, 0.717) is 18.2 Å². The van der Waals surface area contributed by atoms with Crippen LogP contribution >= 0.6 is 11.5 Å². The van der Waals surface area contributed by atoms with Gasteiger partial charge in [-0.05, 0) is 19.8 Å². The molecular formula is C8H14N4OS. The highest BCUT2D eigenvalue weighted by atomic mass is 32.1. The maximum Gasteiger partial charge on any atom is 0.233 e. The lowest BCUT2D eigenvalue weighted by Crippen LogP contribution is -2.19. The van der Waals surface area contributed by atoms with Crippen LogP contribution in [0.5, 0.6) is 0 Å². The van der Waals surface area contributed by atoms with Gasteiger partial charge in [0.2, 0.25) is 11.1 Å². The number of nitrogens with one attached hydrogen (secondary N) is 1. The zero-order chi connectivity index (χ0) is 9.97. The summed E-state index contributed by atoms with van der Waals surface area (Å²) >= 11 is 1.28. The molecule has 78 valence electrons. The van der Waals surface area contributed by atoms with Crippen molar-refractivity contribution in [2.75, 3.05) is 17.6 Å². The second-order valence-electron chi connectivity index (χ2n) is 3.48. The van der Waals surface area contributed by atoms with Crippen LogP contribution in [-0.2, 0) is 4.74 Å². The van der Waals surface area contributed by atoms with Crippen molar-refractivity contribution in [3.8, 4) is 0 Å². The summed E-state index contributed by atoms with van der Waals surface area (Å²) in [7, 11) is 0. The third-order valence-electron chi connectivity index (χ3n) is 2.24. The van der Waals surface area contributed by atoms with Crippen LogP contribution in [0.4, 0.5) is 11.1 Å². The summed E-state index contributed by atoms with van der Waals surface area (Å²) in [6.45, 7) is 2.89. The number of nitrogens with zero attached hydrogens (tertiary/aromatic N) is 2. The van der Waals surface area contributed by atoms with Crippen molar-refractivity contribution < 1.29 is 4.74 Å². The molecule has 1 fully saturated rings. The van der Waals surface area contributed by atoms with E-state index in [1.54, 1.807) is 0 Å². The molecule has 5 nitrogen and oxygen atoms in total. The van der Waals surface area contributed by atoms with Crippen LogP contribution in [0.15, 0.2) is 0 Å². The fourth-order valence-electron chi connectivity index (χ4n) is 1.54. The van der Waals surface area contributed by atoms with E-state index in [1.165, 1.54) is 11.5 Å². The summed E-state index contributed by atoms with van der Waals surface area (Å²) < 4.78 is 9.53. The second kappa shape index (κ2) is 4.10. The Hall–Kier alpha value is -0.880. The molecule has 3 N–H and O–H groups in total. The van der Waals surface area contributed by atoms with Crippen molar-refractivity contribution in [3.63, 3.8) is 0 Å². The summed E-state index contributed by atoms with van der Waals surface area (Å²) in [5.41, 5.74) is 5.40. The Balaban J connectivity index is 1.77. The molecule has 0 aliphatic carbocycles. The fraction of sp³-hybridized carbons (Fsp3) is 0.750. The first-order valence-corrected chi connectivity index (χ1v) is 5.50. The molecule has 1 aromatic heterocycles. The number of rotatable bonds is 3. The van der Waals surface area contributed by atoms with Gasteiger partial charge < -0.3 is 15.8 Å². The summed E-state index contributed by atoms with van der Waals surface area (Å²) in [4.78, 5) is 4.01. The predicted octanol–water partition coefficient (Wildman–Crippen LogP) is 1.10. The first-order chi connectivity index (χ1) is 6.74. The van der Waals surface area contributed by atoms with Gasteiger partial charge in [0.15, 0.2) is 0 Å². The van der Waals surface area contributed by atoms with Crippen molar-refractivity contribution in [3.05, 3.63) is 0 Å². The number of hydrogen-bond acceptors (Lipinski definition) is 6. The number of nitrogen functional groups attached to an aromatic ring is 1. The van der Waals surface area contributed by atoms with E-state index < -0.39 is 0 Å². The molecule has 2 unspecified atom stereocenters. The lowest BCUT2D eigenvalue weighted by molar-refractivity contribution is 0.0637. The lowest BCUT2D eigenvalue weighted by Gasteiger charge is -2.10. The Bertz CT molecular complexity index is 303. The molecule has 1 aliphatic heterocycles. The molecule has 2 heterocycles. The number of nitrogens with two attached hydrogens (primary N) is 1. The van der Waals surface area contributed by atoms with Crippen LogP contribution in [0.25, 0.3) is 0 Å². The molecule has 0 radical (unpaired) electrons. The summed E-state index contributed by atoms with van der Waals surface area (Å²) in [5.74, 6) is 0.332. The molecule has 0 spiro atoms. The van der Waals surface area contributed by atoms with Gasteiger partial charge in [-0.2, -0.15) is 9.36 Å². The summed E-state index contributed by atoms with van der Waals surface area (Å²) in [6, 6.07) is 0. The normalized spacial score (nSPS) is 26.6. The molecule has 0 bridgehead atoms. The predicted molar refractivity (Wildman–Crippen MR) is 56.4 cm³/mol. The standard InChI is InChI=1S/C8H14N4OS/c1-5-2-3-6(13-5)4-10-8-11-7(9)12-14-8/h5-6H,2-4H2,1H3,(H3,9,10,11,12). The first kappa shape index (κ1) is 9.67. The molecule has 0 amide bonds. The average molecular weight is 214 g/mol. The van der Waals surface area contributed by atoms with E-state index >= 15 is 0 Å². The van der Waals surface area contributed by atoms with Crippen molar-refractivity contribution in [1.29, 1.82) is 0 Å². The highest BCUT2D eigenvalue weighted by Gasteiger charge is 2.21. The minimum absolute atomic E-state index is 0.301. The zero-order valence-corrected chi connectivity index (χ0v) is 8.88. The minimum atomic E-state index is 0.301. The van der Waals surface area contributed by atoms with E-state index in [9.17, 15) is 0 Å². The van der Waals surface area contributed by atoms with Gasteiger partial charge in [-0.3, -0.25) is 0 Å². The Morgan fingerprint density at radius 2 is 2.50 bits per heavy atom. The molecule has 0 saturated carbocycles. The van der Waals surface area contributed by atoms with Crippen LogP contribution in [-0.4, -0.2) is 28.1 Å². The van der Waals surface area contributed by atoms with Gasteiger partial charge in [-0.1, -0.05) is 0 Å². The maximum absolute atomic E-state index is 5.65. The summed E-state index contributed by atoms with van der Waals surface area (Å²) in [6.07, 6.45) is 2.95. The fourth-order valence-corrected chi connectivity index (χ4v) is 2.05. The zero-order valence-electron chi connectivity index (χ0n) is 8.06. The van der Waals surface area contributed by atoms with E-state index in [1.807, 2.05) is 0 Å². The van der Waals surface area contributed by atoms with Crippen LogP contribution < -0.4 is 11.1 Å². The summed E-state index contributed by atoms with van der Waals surface area (Å²) in [5, 5.41) is 3.94. The molecule has 1 aromatic rings. The highest BCUT2D eigenvalue weighted by molar-refractivity contribution is 7.09. The smallest absolute Gasteiger partial charge is 0.233 e. The van der Waals surface area contributed by atoms with Crippen molar-refractivity contribution in [1.82, 2.24) is 9.36 Å². The van der Waals surface area contributed by atoms with Crippen LogP contribution in [0, 0.1) is 0 Å². The highest BCUT2D eigenvalue weighted by Crippen LogP contribution is 2.20. The van der Waals surface area contributed by atoms with Gasteiger partial charge in [-0.15, -0.1) is 0 Å². The van der Waals surface area contributed by atoms with Crippen LogP contribution in [0.2, 0.25) is 0 Å². The molecule has 2 rings (SSSR count).